The standard InChI is InChI=1S/C30H33N5O2S3.CH4/c1-20(2)35(40(36,37)28-11-6-16-38-28)27-10-5-8-23-17-26(33-29(23)27)30-31-18-24(39-30)19-34-14-12-22(13-15-34)25-9-4-7-21(3)32-25;/h4-11,16-18,20,22,33H,12-15,19H2,1-3H3;1H4. The zero-order valence-electron chi connectivity index (χ0n) is 22.9. The number of H-pyrrole nitrogens is 1. The molecule has 6 rings (SSSR count). The van der Waals surface area contributed by atoms with E-state index < -0.39 is 10.0 Å². The largest absolute Gasteiger partial charge is 0.351 e. The monoisotopic (exact) mass is 607 g/mol. The maximum absolute atomic E-state index is 13.6. The fourth-order valence-electron chi connectivity index (χ4n) is 5.54. The predicted molar refractivity (Wildman–Crippen MR) is 171 cm³/mol. The second-order valence-electron chi connectivity index (χ2n) is 10.6. The Morgan fingerprint density at radius 3 is 2.59 bits per heavy atom. The summed E-state index contributed by atoms with van der Waals surface area (Å²) in [6.45, 7) is 8.85. The molecule has 216 valence electrons. The molecule has 0 radical (unpaired) electrons. The van der Waals surface area contributed by atoms with Gasteiger partial charge in [-0.1, -0.05) is 31.7 Å². The van der Waals surface area contributed by atoms with E-state index in [1.807, 2.05) is 38.2 Å². The summed E-state index contributed by atoms with van der Waals surface area (Å²) in [7, 11) is -3.68. The lowest BCUT2D eigenvalue weighted by Gasteiger charge is -2.31. The zero-order chi connectivity index (χ0) is 27.9. The van der Waals surface area contributed by atoms with Crippen molar-refractivity contribution in [2.75, 3.05) is 17.4 Å². The smallest absolute Gasteiger partial charge is 0.274 e. The van der Waals surface area contributed by atoms with Gasteiger partial charge in [0.2, 0.25) is 0 Å². The minimum absolute atomic E-state index is 0. The summed E-state index contributed by atoms with van der Waals surface area (Å²) in [4.78, 5) is 16.7. The van der Waals surface area contributed by atoms with Gasteiger partial charge in [-0.05, 0) is 82.4 Å². The van der Waals surface area contributed by atoms with Crippen molar-refractivity contribution in [2.45, 2.75) is 63.8 Å². The lowest BCUT2D eigenvalue weighted by atomic mass is 9.93. The summed E-state index contributed by atoms with van der Waals surface area (Å²) in [6, 6.07) is 17.4. The highest BCUT2D eigenvalue weighted by Gasteiger charge is 2.30. The average molecular weight is 608 g/mol. The molecular formula is C31H37N5O2S3. The number of thiophene rings is 1. The first-order chi connectivity index (χ1) is 19.3. The van der Waals surface area contributed by atoms with E-state index in [9.17, 15) is 8.42 Å². The molecule has 1 N–H and O–H groups in total. The predicted octanol–water partition coefficient (Wildman–Crippen LogP) is 7.68. The zero-order valence-corrected chi connectivity index (χ0v) is 25.3. The van der Waals surface area contributed by atoms with Crippen molar-refractivity contribution in [3.63, 3.8) is 0 Å². The lowest BCUT2D eigenvalue weighted by Crippen LogP contribution is -2.36. The molecule has 0 saturated carbocycles. The number of aromatic nitrogens is 3. The first kappa shape index (κ1) is 29.4. The van der Waals surface area contributed by atoms with Gasteiger partial charge in [0.1, 0.15) is 9.22 Å². The summed E-state index contributed by atoms with van der Waals surface area (Å²) in [5.74, 6) is 0.530. The Morgan fingerprint density at radius 2 is 1.88 bits per heavy atom. The number of pyridine rings is 1. The molecule has 0 atom stereocenters. The van der Waals surface area contributed by atoms with Crippen molar-refractivity contribution in [1.82, 2.24) is 19.9 Å². The van der Waals surface area contributed by atoms with Crippen molar-refractivity contribution >= 4 is 49.3 Å². The highest BCUT2D eigenvalue weighted by Crippen LogP contribution is 2.37. The average Bonchev–Trinajstić information content (AvgIpc) is 3.70. The Bertz CT molecular complexity index is 1720. The van der Waals surface area contributed by atoms with Crippen LogP contribution in [0, 0.1) is 6.92 Å². The molecule has 1 aromatic carbocycles. The number of fused-ring (bicyclic) bond motifs is 1. The van der Waals surface area contributed by atoms with Gasteiger partial charge < -0.3 is 4.98 Å². The van der Waals surface area contributed by atoms with Crippen LogP contribution < -0.4 is 4.31 Å². The molecule has 1 saturated heterocycles. The summed E-state index contributed by atoms with van der Waals surface area (Å²) in [5, 5.41) is 3.67. The Kier molecular flexibility index (Phi) is 8.65. The van der Waals surface area contributed by atoms with E-state index in [-0.39, 0.29) is 13.5 Å². The number of aromatic amines is 1. The quantitative estimate of drug-likeness (QED) is 0.196. The van der Waals surface area contributed by atoms with Crippen molar-refractivity contribution in [3.8, 4) is 10.7 Å². The minimum Gasteiger partial charge on any atom is -0.351 e. The van der Waals surface area contributed by atoms with E-state index in [0.29, 0.717) is 15.8 Å². The number of aryl methyl sites for hydroxylation is 1. The SMILES string of the molecule is C.Cc1cccc(C2CCN(Cc3cnc(-c4cc5cccc(N(C(C)C)S(=O)(=O)c6cccs6)c5[nH]4)s3)CC2)n1. The number of para-hydroxylation sites is 1. The first-order valence-electron chi connectivity index (χ1n) is 13.6. The minimum atomic E-state index is -3.68. The van der Waals surface area contributed by atoms with Crippen LogP contribution in [0.3, 0.4) is 0 Å². The summed E-state index contributed by atoms with van der Waals surface area (Å²) >= 11 is 2.93. The van der Waals surface area contributed by atoms with Gasteiger partial charge in [0.15, 0.2) is 0 Å². The number of sulfonamides is 1. The van der Waals surface area contributed by atoms with Crippen LogP contribution in [0.15, 0.2) is 70.4 Å². The lowest BCUT2D eigenvalue weighted by molar-refractivity contribution is 0.204. The van der Waals surface area contributed by atoms with Crippen molar-refractivity contribution < 1.29 is 8.42 Å². The third kappa shape index (κ3) is 5.97. The highest BCUT2D eigenvalue weighted by molar-refractivity contribution is 7.94. The molecule has 10 heteroatoms. The van der Waals surface area contributed by atoms with Crippen molar-refractivity contribution in [1.29, 1.82) is 0 Å². The van der Waals surface area contributed by atoms with Gasteiger partial charge in [-0.3, -0.25) is 14.2 Å². The summed E-state index contributed by atoms with van der Waals surface area (Å²) in [6.07, 6.45) is 4.21. The fraction of sp³-hybridized carbons (Fsp3) is 0.355. The van der Waals surface area contributed by atoms with Gasteiger partial charge in [0.25, 0.3) is 10.0 Å². The second kappa shape index (κ2) is 12.1. The van der Waals surface area contributed by atoms with Gasteiger partial charge in [-0.25, -0.2) is 13.4 Å². The topological polar surface area (TPSA) is 82.2 Å². The van der Waals surface area contributed by atoms with Crippen molar-refractivity contribution in [2.24, 2.45) is 0 Å². The third-order valence-electron chi connectivity index (χ3n) is 7.43. The number of likely N-dealkylation sites (tertiary alicyclic amines) is 1. The van der Waals surface area contributed by atoms with E-state index >= 15 is 0 Å². The number of nitrogens with zero attached hydrogens (tertiary/aromatic N) is 4. The number of hydrogen-bond acceptors (Lipinski definition) is 7. The van der Waals surface area contributed by atoms with E-state index in [4.69, 9.17) is 9.97 Å². The van der Waals surface area contributed by atoms with Crippen LogP contribution >= 0.6 is 22.7 Å². The van der Waals surface area contributed by atoms with Gasteiger partial charge in [0, 0.05) is 46.4 Å². The number of rotatable bonds is 8. The van der Waals surface area contributed by atoms with Gasteiger partial charge >= 0.3 is 0 Å². The number of benzene rings is 1. The molecule has 0 aliphatic carbocycles. The maximum atomic E-state index is 13.6. The normalized spacial score (nSPS) is 14.9. The molecule has 41 heavy (non-hydrogen) atoms. The molecule has 0 spiro atoms. The molecule has 7 nitrogen and oxygen atoms in total. The molecule has 0 bridgehead atoms. The van der Waals surface area contributed by atoms with Gasteiger partial charge in [-0.2, -0.15) is 0 Å². The third-order valence-corrected chi connectivity index (χ3v) is 11.8. The Labute approximate surface area is 251 Å². The van der Waals surface area contributed by atoms with Gasteiger partial charge in [0.05, 0.1) is 16.9 Å². The Morgan fingerprint density at radius 1 is 1.10 bits per heavy atom. The first-order valence-corrected chi connectivity index (χ1v) is 16.7. The molecule has 0 unspecified atom stereocenters. The van der Waals surface area contributed by atoms with E-state index in [2.05, 4.69) is 41.1 Å². The van der Waals surface area contributed by atoms with Crippen LogP contribution in [0.4, 0.5) is 5.69 Å². The number of nitrogens with one attached hydrogen (secondary N) is 1. The van der Waals surface area contributed by atoms with Crippen LogP contribution in [0.5, 0.6) is 0 Å². The second-order valence-corrected chi connectivity index (χ2v) is 14.7. The number of anilines is 1. The van der Waals surface area contributed by atoms with E-state index in [1.165, 1.54) is 26.2 Å². The van der Waals surface area contributed by atoms with Crippen LogP contribution in [0.1, 0.15) is 56.3 Å². The van der Waals surface area contributed by atoms with Crippen LogP contribution in [-0.4, -0.2) is 47.4 Å². The molecular weight excluding hydrogens is 571 g/mol. The number of piperidine rings is 1. The van der Waals surface area contributed by atoms with Crippen LogP contribution in [-0.2, 0) is 16.6 Å². The van der Waals surface area contributed by atoms with E-state index in [0.717, 1.165) is 59.8 Å². The molecule has 1 fully saturated rings. The molecule has 5 aromatic rings. The van der Waals surface area contributed by atoms with Crippen molar-refractivity contribution in [3.05, 3.63) is 82.4 Å². The van der Waals surface area contributed by atoms with Crippen LogP contribution in [0.2, 0.25) is 0 Å². The fourth-order valence-corrected chi connectivity index (χ4v) is 9.21. The molecule has 1 aliphatic heterocycles. The molecule has 4 aromatic heterocycles. The maximum Gasteiger partial charge on any atom is 0.274 e. The molecule has 0 amide bonds. The van der Waals surface area contributed by atoms with E-state index in [1.54, 1.807) is 28.8 Å². The molecule has 1 aliphatic rings. The Hall–Kier alpha value is -3.05. The summed E-state index contributed by atoms with van der Waals surface area (Å²) in [5.41, 5.74) is 4.66. The number of thiazole rings is 1. The number of hydrogen-bond donors (Lipinski definition) is 1. The summed E-state index contributed by atoms with van der Waals surface area (Å²) < 4.78 is 29.0. The highest BCUT2D eigenvalue weighted by atomic mass is 32.2. The van der Waals surface area contributed by atoms with Gasteiger partial charge in [-0.15, -0.1) is 22.7 Å². The molecule has 5 heterocycles. The van der Waals surface area contributed by atoms with Crippen LogP contribution in [0.25, 0.3) is 21.6 Å². The Balaban J connectivity index is 0.00000337.